The Labute approximate surface area is 407 Å². The Balaban J connectivity index is 1.08. The third-order valence-electron chi connectivity index (χ3n) is 14.2. The smallest absolute Gasteiger partial charge is 0.0714 e. The van der Waals surface area contributed by atoms with Gasteiger partial charge in [0.2, 0.25) is 0 Å². The van der Waals surface area contributed by atoms with Gasteiger partial charge in [-0.3, -0.25) is 0 Å². The molecule has 0 aliphatic heterocycles. The Morgan fingerprint density at radius 2 is 0.812 bits per heavy atom. The lowest BCUT2D eigenvalue weighted by molar-refractivity contribution is 0.768. The van der Waals surface area contributed by atoms with Crippen LogP contribution in [0.25, 0.3) is 75.8 Å². The zero-order valence-electron chi connectivity index (χ0n) is 37.8. The summed E-state index contributed by atoms with van der Waals surface area (Å²) in [7, 11) is 0. The van der Waals surface area contributed by atoms with Crippen LogP contribution in [0.4, 0.5) is 17.1 Å². The predicted octanol–water partition coefficient (Wildman–Crippen LogP) is 18.6. The number of fused-ring (bicyclic) bond motifs is 6. The minimum atomic E-state index is -0.556. The Morgan fingerprint density at radius 1 is 0.290 bits per heavy atom. The standard InChI is InChI=1S/C67H45NS/c1-5-20-47(21-6-1)54-28-13-14-31-59(54)66-55(48-22-7-2-8-23-48)32-19-34-63(66)68(52-39-36-46(37-40-52)49-38-43-65-60(44-49)58-30-16-18-35-64(58)69-65)53-41-42-57-56-29-15-17-33-61(56)67(62(57)45-53,50-24-9-3-10-25-50)51-26-11-4-12-27-51/h1-45H. The summed E-state index contributed by atoms with van der Waals surface area (Å²) in [6.45, 7) is 0. The van der Waals surface area contributed by atoms with E-state index in [1.165, 1.54) is 98.1 Å². The molecule has 69 heavy (non-hydrogen) atoms. The summed E-state index contributed by atoms with van der Waals surface area (Å²) >= 11 is 1.86. The van der Waals surface area contributed by atoms with Crippen LogP contribution < -0.4 is 4.90 Å². The van der Waals surface area contributed by atoms with Gasteiger partial charge in [-0.15, -0.1) is 11.3 Å². The molecule has 0 fully saturated rings. The lowest BCUT2D eigenvalue weighted by Crippen LogP contribution is -2.28. The van der Waals surface area contributed by atoms with E-state index >= 15 is 0 Å². The molecule has 0 bridgehead atoms. The van der Waals surface area contributed by atoms with E-state index in [0.29, 0.717) is 0 Å². The van der Waals surface area contributed by atoms with Crippen molar-refractivity contribution in [1.29, 1.82) is 0 Å². The predicted molar refractivity (Wildman–Crippen MR) is 293 cm³/mol. The molecule has 1 heterocycles. The molecule has 0 radical (unpaired) electrons. The Morgan fingerprint density at radius 3 is 1.52 bits per heavy atom. The van der Waals surface area contributed by atoms with Gasteiger partial charge in [0, 0.05) is 37.1 Å². The van der Waals surface area contributed by atoms with Crippen molar-refractivity contribution in [3.05, 3.63) is 295 Å². The van der Waals surface area contributed by atoms with E-state index in [1.807, 2.05) is 11.3 Å². The molecular formula is C67H45NS. The maximum absolute atomic E-state index is 2.51. The average Bonchev–Trinajstić information content (AvgIpc) is 3.95. The summed E-state index contributed by atoms with van der Waals surface area (Å²) in [5, 5.41) is 2.61. The highest BCUT2D eigenvalue weighted by molar-refractivity contribution is 7.25. The molecule has 11 aromatic carbocycles. The first kappa shape index (κ1) is 40.7. The van der Waals surface area contributed by atoms with Gasteiger partial charge >= 0.3 is 0 Å². The number of nitrogens with zero attached hydrogens (tertiary/aromatic N) is 1. The van der Waals surface area contributed by atoms with Gasteiger partial charge in [0.25, 0.3) is 0 Å². The summed E-state index contributed by atoms with van der Waals surface area (Å²) in [6.07, 6.45) is 0. The van der Waals surface area contributed by atoms with Gasteiger partial charge < -0.3 is 4.90 Å². The Bertz CT molecular complexity index is 3780. The van der Waals surface area contributed by atoms with Crippen molar-refractivity contribution < 1.29 is 0 Å². The van der Waals surface area contributed by atoms with Gasteiger partial charge in [-0.2, -0.15) is 0 Å². The second-order valence-electron chi connectivity index (χ2n) is 17.9. The summed E-state index contributed by atoms with van der Waals surface area (Å²) in [5.74, 6) is 0. The van der Waals surface area contributed by atoms with Crippen LogP contribution in [-0.4, -0.2) is 0 Å². The zero-order valence-corrected chi connectivity index (χ0v) is 38.7. The number of hydrogen-bond donors (Lipinski definition) is 0. The number of benzene rings is 11. The normalized spacial score (nSPS) is 12.5. The summed E-state index contributed by atoms with van der Waals surface area (Å²) < 4.78 is 2.63. The SMILES string of the molecule is c1ccc(-c2ccccc2-c2c(-c3ccccc3)cccc2N(c2ccc(-c3ccc4sc5ccccc5c4c3)cc2)c2ccc3c(c2)C(c2ccccc2)(c2ccccc2)c2ccccc2-3)cc1. The van der Waals surface area contributed by atoms with Crippen molar-refractivity contribution in [1.82, 2.24) is 0 Å². The molecule has 0 N–H and O–H groups in total. The van der Waals surface area contributed by atoms with Gasteiger partial charge in [0.1, 0.15) is 0 Å². The van der Waals surface area contributed by atoms with Crippen LogP contribution in [-0.2, 0) is 5.41 Å². The molecule has 13 rings (SSSR count). The highest BCUT2D eigenvalue weighted by atomic mass is 32.1. The van der Waals surface area contributed by atoms with Crippen LogP contribution in [0.3, 0.4) is 0 Å². The van der Waals surface area contributed by atoms with Gasteiger partial charge in [0.05, 0.1) is 11.1 Å². The first-order chi connectivity index (χ1) is 34.2. The third-order valence-corrected chi connectivity index (χ3v) is 15.3. The van der Waals surface area contributed by atoms with E-state index in [4.69, 9.17) is 0 Å². The molecule has 0 saturated heterocycles. The van der Waals surface area contributed by atoms with Gasteiger partial charge in [0.15, 0.2) is 0 Å². The topological polar surface area (TPSA) is 3.24 Å². The second kappa shape index (κ2) is 16.9. The minimum absolute atomic E-state index is 0.556. The first-order valence-corrected chi connectivity index (χ1v) is 24.6. The van der Waals surface area contributed by atoms with Crippen LogP contribution in [0.1, 0.15) is 22.3 Å². The number of thiophene rings is 1. The van der Waals surface area contributed by atoms with E-state index < -0.39 is 5.41 Å². The zero-order chi connectivity index (χ0) is 45.7. The highest BCUT2D eigenvalue weighted by Gasteiger charge is 2.46. The van der Waals surface area contributed by atoms with Crippen LogP contribution in [0.5, 0.6) is 0 Å². The van der Waals surface area contributed by atoms with Gasteiger partial charge in [-0.25, -0.2) is 0 Å². The Hall–Kier alpha value is -8.56. The number of hydrogen-bond acceptors (Lipinski definition) is 2. The fraction of sp³-hybridized carbons (Fsp3) is 0.0149. The molecule has 0 atom stereocenters. The number of anilines is 3. The fourth-order valence-corrected chi connectivity index (χ4v) is 12.2. The lowest BCUT2D eigenvalue weighted by Gasteiger charge is -2.35. The lowest BCUT2D eigenvalue weighted by atomic mass is 9.67. The molecule has 0 saturated carbocycles. The fourth-order valence-electron chi connectivity index (χ4n) is 11.1. The summed E-state index contributed by atoms with van der Waals surface area (Å²) in [6, 6.07) is 101. The number of rotatable bonds is 9. The Kier molecular flexibility index (Phi) is 10.00. The third kappa shape index (κ3) is 6.75. The summed E-state index contributed by atoms with van der Waals surface area (Å²) in [4.78, 5) is 2.51. The largest absolute Gasteiger partial charge is 0.310 e. The van der Waals surface area contributed by atoms with Crippen LogP contribution in [0, 0.1) is 0 Å². The quantitative estimate of drug-likeness (QED) is 0.140. The molecule has 1 aliphatic carbocycles. The van der Waals surface area contributed by atoms with E-state index in [-0.39, 0.29) is 0 Å². The minimum Gasteiger partial charge on any atom is -0.310 e. The molecule has 1 aromatic heterocycles. The van der Waals surface area contributed by atoms with E-state index in [0.717, 1.165) is 17.1 Å². The van der Waals surface area contributed by atoms with Crippen molar-refractivity contribution in [2.24, 2.45) is 0 Å². The van der Waals surface area contributed by atoms with Crippen molar-refractivity contribution >= 4 is 48.6 Å². The van der Waals surface area contributed by atoms with Crippen molar-refractivity contribution in [3.63, 3.8) is 0 Å². The molecule has 324 valence electrons. The van der Waals surface area contributed by atoms with Crippen molar-refractivity contribution in [3.8, 4) is 55.6 Å². The van der Waals surface area contributed by atoms with E-state index in [1.54, 1.807) is 0 Å². The van der Waals surface area contributed by atoms with Crippen molar-refractivity contribution in [2.45, 2.75) is 5.41 Å². The average molecular weight is 896 g/mol. The maximum atomic E-state index is 2.51. The molecule has 0 unspecified atom stereocenters. The second-order valence-corrected chi connectivity index (χ2v) is 19.0. The van der Waals surface area contributed by atoms with Crippen LogP contribution in [0.15, 0.2) is 273 Å². The summed E-state index contributed by atoms with van der Waals surface area (Å²) in [5.41, 5.74) is 19.7. The molecule has 0 spiro atoms. The van der Waals surface area contributed by atoms with Crippen molar-refractivity contribution in [2.75, 3.05) is 4.90 Å². The molecule has 1 aliphatic rings. The van der Waals surface area contributed by atoms with E-state index in [2.05, 4.69) is 278 Å². The van der Waals surface area contributed by atoms with Gasteiger partial charge in [-0.1, -0.05) is 224 Å². The molecule has 2 heteroatoms. The maximum Gasteiger partial charge on any atom is 0.0714 e. The van der Waals surface area contributed by atoms with Gasteiger partial charge in [-0.05, 0) is 121 Å². The van der Waals surface area contributed by atoms with Crippen LogP contribution >= 0.6 is 11.3 Å². The van der Waals surface area contributed by atoms with E-state index in [9.17, 15) is 0 Å². The molecule has 1 nitrogen and oxygen atoms in total. The van der Waals surface area contributed by atoms with Crippen LogP contribution in [0.2, 0.25) is 0 Å². The first-order valence-electron chi connectivity index (χ1n) is 23.7. The molecule has 0 amide bonds. The highest BCUT2D eigenvalue weighted by Crippen LogP contribution is 2.58. The monoisotopic (exact) mass is 895 g/mol. The molecular weight excluding hydrogens is 851 g/mol. The molecule has 12 aromatic rings.